The fourth-order valence-corrected chi connectivity index (χ4v) is 3.21. The number of nitrogens with one attached hydrogen (secondary N) is 2. The minimum atomic E-state index is -0.725. The third kappa shape index (κ3) is 4.46. The molecule has 0 radical (unpaired) electrons. The molecule has 160 valence electrons. The van der Waals surface area contributed by atoms with E-state index in [9.17, 15) is 14.4 Å². The van der Waals surface area contributed by atoms with Crippen molar-refractivity contribution in [1.29, 1.82) is 0 Å². The molecular formula is C21H24N2O7. The molecule has 1 aromatic carbocycles. The topological polar surface area (TPSA) is 116 Å². The molecule has 0 unspecified atom stereocenters. The van der Waals surface area contributed by atoms with Crippen molar-refractivity contribution < 1.29 is 33.0 Å². The Kier molecular flexibility index (Phi) is 6.73. The number of amides is 2. The largest absolute Gasteiger partial charge is 0.463 e. The summed E-state index contributed by atoms with van der Waals surface area (Å²) in [6, 6.07) is 6.13. The highest BCUT2D eigenvalue weighted by atomic mass is 16.5. The first kappa shape index (κ1) is 21.4. The molecule has 2 aromatic rings. The molecule has 9 heteroatoms. The van der Waals surface area contributed by atoms with E-state index in [0.717, 1.165) is 5.39 Å². The van der Waals surface area contributed by atoms with Gasteiger partial charge in [0.15, 0.2) is 0 Å². The van der Waals surface area contributed by atoms with Crippen LogP contribution >= 0.6 is 0 Å². The van der Waals surface area contributed by atoms with Crippen molar-refractivity contribution in [3.63, 3.8) is 0 Å². The van der Waals surface area contributed by atoms with Crippen molar-refractivity contribution in [3.05, 3.63) is 46.9 Å². The summed E-state index contributed by atoms with van der Waals surface area (Å²) in [6.07, 6.45) is 0. The third-order valence-electron chi connectivity index (χ3n) is 4.55. The molecule has 0 spiro atoms. The Balaban J connectivity index is 1.85. The molecule has 0 fully saturated rings. The molecule has 9 nitrogen and oxygen atoms in total. The van der Waals surface area contributed by atoms with Crippen LogP contribution in [0.25, 0.3) is 11.0 Å². The summed E-state index contributed by atoms with van der Waals surface area (Å²) in [7, 11) is 0. The zero-order valence-electron chi connectivity index (χ0n) is 17.1. The van der Waals surface area contributed by atoms with E-state index >= 15 is 0 Å². The number of benzene rings is 1. The normalized spacial score (nSPS) is 16.2. The fourth-order valence-electron chi connectivity index (χ4n) is 3.21. The van der Waals surface area contributed by atoms with Crippen molar-refractivity contribution in [3.8, 4) is 0 Å². The minimum absolute atomic E-state index is 0.0243. The van der Waals surface area contributed by atoms with Crippen LogP contribution in [-0.4, -0.2) is 43.8 Å². The predicted molar refractivity (Wildman–Crippen MR) is 107 cm³/mol. The van der Waals surface area contributed by atoms with Crippen LogP contribution in [0.3, 0.4) is 0 Å². The minimum Gasteiger partial charge on any atom is -0.463 e. The Morgan fingerprint density at radius 1 is 1.07 bits per heavy atom. The molecule has 2 amide bonds. The van der Waals surface area contributed by atoms with Crippen molar-refractivity contribution >= 4 is 28.9 Å². The van der Waals surface area contributed by atoms with Crippen molar-refractivity contribution in [2.45, 2.75) is 33.4 Å². The summed E-state index contributed by atoms with van der Waals surface area (Å²) in [6.45, 7) is 5.69. The Bertz CT molecular complexity index is 992. The monoisotopic (exact) mass is 416 g/mol. The number of carbonyl (C=O) groups is 3. The van der Waals surface area contributed by atoms with Gasteiger partial charge in [0.2, 0.25) is 5.76 Å². The van der Waals surface area contributed by atoms with Crippen LogP contribution in [0.5, 0.6) is 0 Å². The van der Waals surface area contributed by atoms with E-state index in [0.29, 0.717) is 17.8 Å². The first-order valence-corrected chi connectivity index (χ1v) is 9.69. The number of hydrogen-bond acceptors (Lipinski definition) is 7. The van der Waals surface area contributed by atoms with Gasteiger partial charge in [-0.25, -0.2) is 14.4 Å². The van der Waals surface area contributed by atoms with Gasteiger partial charge in [0.05, 0.1) is 30.5 Å². The summed E-state index contributed by atoms with van der Waals surface area (Å²) in [5, 5.41) is 5.86. The number of furan rings is 1. The van der Waals surface area contributed by atoms with E-state index in [4.69, 9.17) is 18.6 Å². The second kappa shape index (κ2) is 9.45. The third-order valence-corrected chi connectivity index (χ3v) is 4.55. The number of fused-ring (bicyclic) bond motifs is 1. The maximum absolute atomic E-state index is 12.8. The summed E-state index contributed by atoms with van der Waals surface area (Å²) in [5.41, 5.74) is 1.48. The summed E-state index contributed by atoms with van der Waals surface area (Å²) in [5.74, 6) is -1.29. The lowest BCUT2D eigenvalue weighted by Crippen LogP contribution is -2.50. The molecule has 0 bridgehead atoms. The van der Waals surface area contributed by atoms with Gasteiger partial charge in [-0.1, -0.05) is 18.2 Å². The second-order valence-electron chi connectivity index (χ2n) is 6.55. The van der Waals surface area contributed by atoms with Gasteiger partial charge < -0.3 is 29.3 Å². The van der Waals surface area contributed by atoms with E-state index < -0.39 is 24.0 Å². The lowest BCUT2D eigenvalue weighted by molar-refractivity contribution is -0.139. The van der Waals surface area contributed by atoms with Crippen LogP contribution in [0.2, 0.25) is 0 Å². The average Bonchev–Trinajstić information content (AvgIpc) is 3.08. The highest BCUT2D eigenvalue weighted by molar-refractivity contribution is 5.97. The van der Waals surface area contributed by atoms with Gasteiger partial charge in [0.1, 0.15) is 12.2 Å². The molecule has 30 heavy (non-hydrogen) atoms. The maximum atomic E-state index is 12.8. The molecule has 2 heterocycles. The van der Waals surface area contributed by atoms with Gasteiger partial charge in [-0.2, -0.15) is 0 Å². The number of urea groups is 1. The molecule has 1 aliphatic rings. The molecule has 2 N–H and O–H groups in total. The molecule has 3 rings (SSSR count). The summed E-state index contributed by atoms with van der Waals surface area (Å²) >= 11 is 0. The number of carbonyl (C=O) groups excluding carboxylic acids is 3. The molecule has 0 aliphatic carbocycles. The molecule has 1 aliphatic heterocycles. The zero-order valence-corrected chi connectivity index (χ0v) is 17.1. The average molecular weight is 416 g/mol. The van der Waals surface area contributed by atoms with Crippen LogP contribution in [0, 0.1) is 0 Å². The van der Waals surface area contributed by atoms with Crippen molar-refractivity contribution in [1.82, 2.24) is 10.6 Å². The lowest BCUT2D eigenvalue weighted by atomic mass is 10.0. The molecule has 0 saturated carbocycles. The molecule has 0 saturated heterocycles. The Morgan fingerprint density at radius 2 is 1.83 bits per heavy atom. The smallest absolute Gasteiger partial charge is 0.375 e. The van der Waals surface area contributed by atoms with E-state index in [-0.39, 0.29) is 36.9 Å². The van der Waals surface area contributed by atoms with E-state index in [2.05, 4.69) is 10.6 Å². The maximum Gasteiger partial charge on any atom is 0.375 e. The SMILES string of the molecule is CCOCc1c(C(=O)OCC2=C(C(=O)OCC)[C@@H](C)NC(=O)N2)oc2ccccc12. The highest BCUT2D eigenvalue weighted by Gasteiger charge is 2.31. The van der Waals surface area contributed by atoms with Gasteiger partial charge in [0.25, 0.3) is 0 Å². The Morgan fingerprint density at radius 3 is 2.57 bits per heavy atom. The number of para-hydroxylation sites is 1. The summed E-state index contributed by atoms with van der Waals surface area (Å²) < 4.78 is 21.6. The van der Waals surface area contributed by atoms with Crippen molar-refractivity contribution in [2.24, 2.45) is 0 Å². The second-order valence-corrected chi connectivity index (χ2v) is 6.55. The van der Waals surface area contributed by atoms with Crippen LogP contribution in [-0.2, 0) is 25.6 Å². The van der Waals surface area contributed by atoms with Crippen LogP contribution < -0.4 is 10.6 Å². The van der Waals surface area contributed by atoms with Gasteiger partial charge in [0, 0.05) is 17.6 Å². The Hall–Kier alpha value is -3.33. The lowest BCUT2D eigenvalue weighted by Gasteiger charge is -2.26. The van der Waals surface area contributed by atoms with Crippen LogP contribution in [0.15, 0.2) is 40.0 Å². The molecule has 1 atom stereocenters. The van der Waals surface area contributed by atoms with Gasteiger partial charge in [-0.3, -0.25) is 0 Å². The van der Waals surface area contributed by atoms with Gasteiger partial charge >= 0.3 is 18.0 Å². The standard InChI is InChI=1S/C21H24N2O7/c1-4-27-10-14-13-8-6-7-9-16(13)30-18(14)20(25)29-11-15-17(19(24)28-5-2)12(3)22-21(26)23-15/h6-9,12H,4-5,10-11H2,1-3H3,(H2,22,23,26)/t12-/m1/s1. The number of hydrogen-bond donors (Lipinski definition) is 2. The first-order valence-electron chi connectivity index (χ1n) is 9.69. The van der Waals surface area contributed by atoms with Gasteiger partial charge in [-0.15, -0.1) is 0 Å². The van der Waals surface area contributed by atoms with Crippen LogP contribution in [0.1, 0.15) is 36.9 Å². The van der Waals surface area contributed by atoms with Crippen molar-refractivity contribution in [2.75, 3.05) is 19.8 Å². The number of rotatable bonds is 8. The van der Waals surface area contributed by atoms with Gasteiger partial charge in [-0.05, 0) is 26.8 Å². The molecule has 1 aromatic heterocycles. The summed E-state index contributed by atoms with van der Waals surface area (Å²) in [4.78, 5) is 36.9. The number of ether oxygens (including phenoxy) is 3. The fraction of sp³-hybridized carbons (Fsp3) is 0.381. The highest BCUT2D eigenvalue weighted by Crippen LogP contribution is 2.27. The predicted octanol–water partition coefficient (Wildman–Crippen LogP) is 2.64. The van der Waals surface area contributed by atoms with Crippen LogP contribution in [0.4, 0.5) is 4.79 Å². The molecular weight excluding hydrogens is 392 g/mol. The zero-order chi connectivity index (χ0) is 21.7. The Labute approximate surface area is 173 Å². The van der Waals surface area contributed by atoms with E-state index in [1.165, 1.54) is 0 Å². The number of esters is 2. The van der Waals surface area contributed by atoms with E-state index in [1.54, 1.807) is 26.0 Å². The van der Waals surface area contributed by atoms with E-state index in [1.807, 2.05) is 19.1 Å². The quantitative estimate of drug-likeness (QED) is 0.636. The first-order chi connectivity index (χ1) is 14.5.